The van der Waals surface area contributed by atoms with Crippen LogP contribution in [0.3, 0.4) is 0 Å². The maximum absolute atomic E-state index is 12.9. The zero-order valence-electron chi connectivity index (χ0n) is 13.5. The molecular formula is C18H25N3O. The van der Waals surface area contributed by atoms with Crippen molar-refractivity contribution in [2.24, 2.45) is 5.92 Å². The van der Waals surface area contributed by atoms with Crippen molar-refractivity contribution in [2.45, 2.75) is 37.8 Å². The molecule has 3 rings (SSSR count). The fourth-order valence-corrected chi connectivity index (χ4v) is 3.77. The molecule has 0 saturated carbocycles. The molecule has 0 aromatic carbocycles. The van der Waals surface area contributed by atoms with Gasteiger partial charge in [0.25, 0.3) is 0 Å². The molecule has 22 heavy (non-hydrogen) atoms. The number of hydrogen-bond acceptors (Lipinski definition) is 3. The summed E-state index contributed by atoms with van der Waals surface area (Å²) in [6.07, 6.45) is 11.7. The number of likely N-dealkylation sites (N-methyl/N-ethyl adjacent to an activating group) is 1. The minimum atomic E-state index is 0.167. The molecule has 118 valence electrons. The number of amides is 1. The topological polar surface area (TPSA) is 36.4 Å². The number of pyridine rings is 1. The highest BCUT2D eigenvalue weighted by molar-refractivity contribution is 5.80. The SMILES string of the molecule is CN(C)[C@@H]1CCN(C(=O)C2CC=CC2)[C@H]1Cc1ccncc1. The Labute approximate surface area is 132 Å². The van der Waals surface area contributed by atoms with Gasteiger partial charge in [0, 0.05) is 30.9 Å². The number of rotatable bonds is 4. The van der Waals surface area contributed by atoms with Crippen LogP contribution in [0, 0.1) is 5.92 Å². The first-order valence-corrected chi connectivity index (χ1v) is 8.17. The Morgan fingerprint density at radius 3 is 2.59 bits per heavy atom. The molecule has 0 radical (unpaired) electrons. The Balaban J connectivity index is 1.77. The van der Waals surface area contributed by atoms with Crippen molar-refractivity contribution in [1.29, 1.82) is 0 Å². The molecule has 0 bridgehead atoms. The van der Waals surface area contributed by atoms with Gasteiger partial charge in [-0.15, -0.1) is 0 Å². The van der Waals surface area contributed by atoms with E-state index in [0.29, 0.717) is 11.9 Å². The van der Waals surface area contributed by atoms with Gasteiger partial charge in [0.2, 0.25) is 5.91 Å². The first kappa shape index (κ1) is 15.2. The molecule has 0 unspecified atom stereocenters. The predicted octanol–water partition coefficient (Wildman–Crippen LogP) is 2.12. The fraction of sp³-hybridized carbons (Fsp3) is 0.556. The van der Waals surface area contributed by atoms with Gasteiger partial charge in [0.1, 0.15) is 0 Å². The Morgan fingerprint density at radius 1 is 1.27 bits per heavy atom. The number of hydrogen-bond donors (Lipinski definition) is 0. The minimum absolute atomic E-state index is 0.167. The summed E-state index contributed by atoms with van der Waals surface area (Å²) in [7, 11) is 4.24. The first-order valence-electron chi connectivity index (χ1n) is 8.17. The number of aromatic nitrogens is 1. The second-order valence-electron chi connectivity index (χ2n) is 6.62. The standard InChI is InChI=1S/C18H25N3O/c1-20(2)16-9-12-21(18(22)15-5-3-4-6-15)17(16)13-14-7-10-19-11-8-14/h3-4,7-8,10-11,15-17H,5-6,9,12-13H2,1-2H3/t16-,17+/m1/s1. The largest absolute Gasteiger partial charge is 0.337 e. The third-order valence-corrected chi connectivity index (χ3v) is 5.01. The number of allylic oxidation sites excluding steroid dienone is 2. The van der Waals surface area contributed by atoms with Crippen LogP contribution in [0.5, 0.6) is 0 Å². The molecule has 1 aromatic rings. The molecule has 0 spiro atoms. The molecule has 4 heteroatoms. The molecule has 0 N–H and O–H groups in total. The van der Waals surface area contributed by atoms with Gasteiger partial charge in [0.15, 0.2) is 0 Å². The molecule has 1 saturated heterocycles. The molecule has 2 aliphatic rings. The number of carbonyl (C=O) groups excluding carboxylic acids is 1. The Kier molecular flexibility index (Phi) is 4.57. The van der Waals surface area contributed by atoms with E-state index in [1.165, 1.54) is 5.56 Å². The van der Waals surface area contributed by atoms with Crippen LogP contribution in [0.1, 0.15) is 24.8 Å². The summed E-state index contributed by atoms with van der Waals surface area (Å²) in [5.41, 5.74) is 1.26. The van der Waals surface area contributed by atoms with Gasteiger partial charge in [-0.05, 0) is 57.5 Å². The van der Waals surface area contributed by atoms with Crippen molar-refractivity contribution in [3.05, 3.63) is 42.2 Å². The highest BCUT2D eigenvalue weighted by atomic mass is 16.2. The Hall–Kier alpha value is -1.68. The van der Waals surface area contributed by atoms with E-state index in [1.54, 1.807) is 0 Å². The fourth-order valence-electron chi connectivity index (χ4n) is 3.77. The number of carbonyl (C=O) groups is 1. The lowest BCUT2D eigenvalue weighted by atomic mass is 9.98. The van der Waals surface area contributed by atoms with Crippen molar-refractivity contribution in [2.75, 3.05) is 20.6 Å². The molecule has 1 amide bonds. The average molecular weight is 299 g/mol. The molecular weight excluding hydrogens is 274 g/mol. The third kappa shape index (κ3) is 3.07. The van der Waals surface area contributed by atoms with E-state index >= 15 is 0 Å². The van der Waals surface area contributed by atoms with Crippen molar-refractivity contribution in [1.82, 2.24) is 14.8 Å². The van der Waals surface area contributed by atoms with Gasteiger partial charge >= 0.3 is 0 Å². The lowest BCUT2D eigenvalue weighted by Gasteiger charge is -2.33. The summed E-state index contributed by atoms with van der Waals surface area (Å²) in [6, 6.07) is 4.83. The molecule has 1 fully saturated rings. The molecule has 2 atom stereocenters. The quantitative estimate of drug-likeness (QED) is 0.799. The molecule has 1 aliphatic heterocycles. The van der Waals surface area contributed by atoms with Gasteiger partial charge in [-0.1, -0.05) is 12.2 Å². The van der Waals surface area contributed by atoms with E-state index in [-0.39, 0.29) is 12.0 Å². The predicted molar refractivity (Wildman–Crippen MR) is 87.4 cm³/mol. The van der Waals surface area contributed by atoms with E-state index < -0.39 is 0 Å². The summed E-state index contributed by atoms with van der Waals surface area (Å²) in [6.45, 7) is 0.883. The second kappa shape index (κ2) is 6.61. The summed E-state index contributed by atoms with van der Waals surface area (Å²) in [5.74, 6) is 0.509. The van der Waals surface area contributed by atoms with Crippen LogP contribution in [0.4, 0.5) is 0 Å². The van der Waals surface area contributed by atoms with E-state index in [2.05, 4.69) is 53.2 Å². The Bertz CT molecular complexity index is 533. The van der Waals surface area contributed by atoms with Crippen LogP contribution in [0.15, 0.2) is 36.7 Å². The van der Waals surface area contributed by atoms with Crippen molar-refractivity contribution in [3.8, 4) is 0 Å². The van der Waals surface area contributed by atoms with Crippen LogP contribution in [-0.2, 0) is 11.2 Å². The van der Waals surface area contributed by atoms with Gasteiger partial charge in [0.05, 0.1) is 6.04 Å². The highest BCUT2D eigenvalue weighted by Gasteiger charge is 2.40. The number of nitrogens with zero attached hydrogens (tertiary/aromatic N) is 3. The zero-order chi connectivity index (χ0) is 15.5. The maximum Gasteiger partial charge on any atom is 0.226 e. The lowest BCUT2D eigenvalue weighted by molar-refractivity contribution is -0.136. The molecule has 4 nitrogen and oxygen atoms in total. The monoisotopic (exact) mass is 299 g/mol. The van der Waals surface area contributed by atoms with Crippen molar-refractivity contribution >= 4 is 5.91 Å². The number of likely N-dealkylation sites (tertiary alicyclic amines) is 1. The van der Waals surface area contributed by atoms with Crippen LogP contribution in [0.25, 0.3) is 0 Å². The van der Waals surface area contributed by atoms with E-state index in [1.807, 2.05) is 12.4 Å². The summed E-state index contributed by atoms with van der Waals surface area (Å²) < 4.78 is 0. The van der Waals surface area contributed by atoms with Gasteiger partial charge in [-0.25, -0.2) is 0 Å². The zero-order valence-corrected chi connectivity index (χ0v) is 13.5. The average Bonchev–Trinajstić information content (AvgIpc) is 3.17. The van der Waals surface area contributed by atoms with Crippen molar-refractivity contribution < 1.29 is 4.79 Å². The maximum atomic E-state index is 12.9. The van der Waals surface area contributed by atoms with Crippen LogP contribution >= 0.6 is 0 Å². The van der Waals surface area contributed by atoms with E-state index in [9.17, 15) is 4.79 Å². The summed E-state index contributed by atoms with van der Waals surface area (Å²) >= 11 is 0. The smallest absolute Gasteiger partial charge is 0.226 e. The van der Waals surface area contributed by atoms with E-state index in [4.69, 9.17) is 0 Å². The first-order chi connectivity index (χ1) is 10.7. The summed E-state index contributed by atoms with van der Waals surface area (Å²) in [4.78, 5) is 21.4. The van der Waals surface area contributed by atoms with Crippen LogP contribution < -0.4 is 0 Å². The summed E-state index contributed by atoms with van der Waals surface area (Å²) in [5, 5.41) is 0. The van der Waals surface area contributed by atoms with Gasteiger partial charge in [-0.2, -0.15) is 0 Å². The third-order valence-electron chi connectivity index (χ3n) is 5.01. The molecule has 1 aromatic heterocycles. The lowest BCUT2D eigenvalue weighted by Crippen LogP contribution is -2.47. The second-order valence-corrected chi connectivity index (χ2v) is 6.62. The van der Waals surface area contributed by atoms with E-state index in [0.717, 1.165) is 32.2 Å². The normalized spacial score (nSPS) is 25.3. The van der Waals surface area contributed by atoms with Crippen LogP contribution in [0.2, 0.25) is 0 Å². The van der Waals surface area contributed by atoms with Gasteiger partial charge in [-0.3, -0.25) is 9.78 Å². The molecule has 1 aliphatic carbocycles. The molecule has 2 heterocycles. The minimum Gasteiger partial charge on any atom is -0.337 e. The van der Waals surface area contributed by atoms with Crippen molar-refractivity contribution in [3.63, 3.8) is 0 Å². The van der Waals surface area contributed by atoms with Crippen LogP contribution in [-0.4, -0.2) is 53.4 Å². The highest BCUT2D eigenvalue weighted by Crippen LogP contribution is 2.29. The van der Waals surface area contributed by atoms with Gasteiger partial charge < -0.3 is 9.80 Å². The Morgan fingerprint density at radius 2 is 1.95 bits per heavy atom.